The van der Waals surface area contributed by atoms with Crippen LogP contribution in [0.4, 0.5) is 91.0 Å². The van der Waals surface area contributed by atoms with Gasteiger partial charge in [0.25, 0.3) is 0 Å². The van der Waals surface area contributed by atoms with Crippen LogP contribution in [0.2, 0.25) is 0 Å². The minimum absolute atomic E-state index is 0. The molecule has 0 spiro atoms. The van der Waals surface area contributed by atoms with Gasteiger partial charge in [0.15, 0.2) is 0 Å². The second-order valence-electron chi connectivity index (χ2n) is 23.2. The molecule has 0 fully saturated rings. The number of ether oxygens (including phenoxy) is 2. The van der Waals surface area contributed by atoms with E-state index >= 15 is 0 Å². The molecule has 446 valence electrons. The zero-order valence-corrected chi connectivity index (χ0v) is 55.5. The van der Waals surface area contributed by atoms with E-state index in [0.29, 0.717) is 23.0 Å². The molecule has 0 bridgehead atoms. The fraction of sp³-hybridized carbons (Fsp3) is 0.103. The molecule has 11 aromatic carbocycles. The van der Waals surface area contributed by atoms with Crippen LogP contribution in [0.5, 0.6) is 23.0 Å². The van der Waals surface area contributed by atoms with Crippen molar-refractivity contribution in [2.75, 3.05) is 39.2 Å². The van der Waals surface area contributed by atoms with E-state index < -0.39 is 0 Å². The van der Waals surface area contributed by atoms with Crippen molar-refractivity contribution in [1.82, 2.24) is 0 Å². The Labute approximate surface area is 557 Å². The molecule has 0 atom stereocenters. The molecule has 0 radical (unpaired) electrons. The van der Waals surface area contributed by atoms with E-state index in [1.165, 1.54) is 44.5 Å². The molecule has 0 saturated heterocycles. The molecule has 4 aliphatic heterocycles. The Kier molecular flexibility index (Phi) is 16.1. The number of para-hydroxylation sites is 4. The number of hydrogen-bond acceptors (Lipinski definition) is 10. The molecule has 0 saturated carbocycles. The Morgan fingerprint density at radius 2 is 0.522 bits per heavy atom. The maximum Gasteiger partial charge on any atom is 4.00 e. The maximum absolute atomic E-state index is 6.62. The average molecular weight is 1530 g/mol. The van der Waals surface area contributed by atoms with Gasteiger partial charge in [-0.3, -0.25) is 0 Å². The van der Waals surface area contributed by atoms with Gasteiger partial charge in [-0.1, -0.05) is 48.5 Å². The van der Waals surface area contributed by atoms with Crippen molar-refractivity contribution in [2.24, 2.45) is 0 Å². The van der Waals surface area contributed by atoms with Crippen molar-refractivity contribution in [3.63, 3.8) is 0 Å². The van der Waals surface area contributed by atoms with Gasteiger partial charge in [-0.2, -0.15) is 24.3 Å². The summed E-state index contributed by atoms with van der Waals surface area (Å²) in [6, 6.07) is 86.3. The quantitative estimate of drug-likeness (QED) is 0.111. The summed E-state index contributed by atoms with van der Waals surface area (Å²) >= 11 is 0. The molecule has 12 heteroatoms. The predicted octanol–water partition coefficient (Wildman–Crippen LogP) is 20.6. The summed E-state index contributed by atoms with van der Waals surface area (Å²) in [5.41, 5.74) is 26.2. The van der Waals surface area contributed by atoms with Gasteiger partial charge in [-0.25, -0.2) is 0 Å². The summed E-state index contributed by atoms with van der Waals surface area (Å²) in [7, 11) is 0. The van der Waals surface area contributed by atoms with Crippen molar-refractivity contribution in [3.8, 4) is 23.0 Å². The van der Waals surface area contributed by atoms with E-state index in [9.17, 15) is 0 Å². The van der Waals surface area contributed by atoms with Crippen LogP contribution in [0.25, 0.3) is 0 Å². The molecule has 0 unspecified atom stereocenters. The Bertz CT molecular complexity index is 4270. The molecule has 90 heavy (non-hydrogen) atoms. The molecule has 15 rings (SSSR count). The van der Waals surface area contributed by atoms with Gasteiger partial charge in [0, 0.05) is 91.2 Å². The predicted molar refractivity (Wildman–Crippen MR) is 359 cm³/mol. The molecule has 4 aliphatic rings. The van der Waals surface area contributed by atoms with Crippen LogP contribution in [0, 0.1) is 106 Å². The first kappa shape index (κ1) is 59.7. The van der Waals surface area contributed by atoms with Crippen molar-refractivity contribution in [2.45, 2.75) is 55.4 Å². The number of nitrogens with zero attached hydrogens (tertiary/aromatic N) is 8. The monoisotopic (exact) mass is 1530 g/mol. The molecule has 10 nitrogen and oxygen atoms in total. The summed E-state index contributed by atoms with van der Waals surface area (Å²) < 4.78 is 13.2. The molecule has 4 heterocycles. The van der Waals surface area contributed by atoms with E-state index in [4.69, 9.17) is 9.47 Å². The standard InChI is InChI=1S/C78H62N8O2.2Pt/c1-51-29-31-53(3)73(37-51)85-49-83(75-39-55(5)57(7)41-77(75)85)63-19-15-23-67(45-63)87-65-21-13-17-61(43-65)81-47-79(69-25-9-11-27-71(69)81)59-33-35-60(36-34-59)80-48-82(72-28-12-10-26-70(72)80)62-18-14-22-66(44-62)88-68-24-16-20-64(46-68)84-50-86(74-38-52(2)30-32-54(74)4)78-42-58(8)56(6)40-76(78)84;;/h9-42,47-50H,1-8H3;;/q-8;2*+4. The van der Waals surface area contributed by atoms with E-state index in [1.807, 2.05) is 48.5 Å². The van der Waals surface area contributed by atoms with E-state index in [1.54, 1.807) is 0 Å². The fourth-order valence-corrected chi connectivity index (χ4v) is 12.1. The zero-order valence-electron chi connectivity index (χ0n) is 51.0. The molecule has 11 aromatic rings. The second kappa shape index (κ2) is 24.3. The molecule has 0 amide bonds. The van der Waals surface area contributed by atoms with Crippen LogP contribution in [0.15, 0.2) is 206 Å². The number of rotatable bonds is 12. The molecule has 0 N–H and O–H groups in total. The van der Waals surface area contributed by atoms with Gasteiger partial charge in [-0.15, -0.1) is 122 Å². The van der Waals surface area contributed by atoms with Crippen molar-refractivity contribution < 1.29 is 51.6 Å². The molecular formula is C78H62N8O2Pt2. The Morgan fingerprint density at radius 1 is 0.244 bits per heavy atom. The normalized spacial score (nSPS) is 13.7. The van der Waals surface area contributed by atoms with Gasteiger partial charge < -0.3 is 48.7 Å². The third-order valence-corrected chi connectivity index (χ3v) is 17.1. The average Bonchev–Trinajstić information content (AvgIpc) is 1.67. The largest absolute Gasteiger partial charge is 4.00 e. The molecular weight excluding hydrogens is 1470 g/mol. The van der Waals surface area contributed by atoms with Crippen LogP contribution in [0.1, 0.15) is 44.5 Å². The van der Waals surface area contributed by atoms with Crippen molar-refractivity contribution in [1.29, 1.82) is 0 Å². The van der Waals surface area contributed by atoms with Gasteiger partial charge in [-0.05, 0) is 185 Å². The van der Waals surface area contributed by atoms with E-state index in [2.05, 4.69) is 303 Å². The Morgan fingerprint density at radius 3 is 0.844 bits per heavy atom. The zero-order chi connectivity index (χ0) is 59.9. The van der Waals surface area contributed by atoms with Crippen LogP contribution >= 0.6 is 0 Å². The minimum Gasteiger partial charge on any atom is -0.509 e. The minimum atomic E-state index is 0. The van der Waals surface area contributed by atoms with Crippen LogP contribution in [-0.2, 0) is 42.1 Å². The third kappa shape index (κ3) is 10.9. The first-order valence-electron chi connectivity index (χ1n) is 29.7. The van der Waals surface area contributed by atoms with Gasteiger partial charge in [0.1, 0.15) is 0 Å². The maximum atomic E-state index is 6.62. The topological polar surface area (TPSA) is 44.4 Å². The summed E-state index contributed by atoms with van der Waals surface area (Å²) in [6.07, 6.45) is 0. The summed E-state index contributed by atoms with van der Waals surface area (Å²) in [6.45, 7) is 25.9. The first-order valence-corrected chi connectivity index (χ1v) is 29.7. The number of hydrogen-bond donors (Lipinski definition) is 0. The summed E-state index contributed by atoms with van der Waals surface area (Å²) in [4.78, 5) is 17.8. The van der Waals surface area contributed by atoms with Crippen LogP contribution < -0.4 is 48.7 Å². The molecule has 0 aromatic heterocycles. The van der Waals surface area contributed by atoms with Gasteiger partial charge in [0.05, 0.1) is 0 Å². The fourth-order valence-electron chi connectivity index (χ4n) is 12.1. The first-order chi connectivity index (χ1) is 42.8. The van der Waals surface area contributed by atoms with Crippen molar-refractivity contribution >= 4 is 91.0 Å². The van der Waals surface area contributed by atoms with Gasteiger partial charge in [0.2, 0.25) is 0 Å². The number of benzene rings is 11. The number of anilines is 16. The van der Waals surface area contributed by atoms with Gasteiger partial charge >= 0.3 is 42.1 Å². The number of aryl methyl sites for hydroxylation is 8. The summed E-state index contributed by atoms with van der Waals surface area (Å²) in [5.74, 6) is 2.35. The number of fused-ring (bicyclic) bond motifs is 4. The summed E-state index contributed by atoms with van der Waals surface area (Å²) in [5, 5.41) is 0. The Balaban J connectivity index is 0.00000372. The van der Waals surface area contributed by atoms with Crippen LogP contribution in [-0.4, -0.2) is 0 Å². The molecule has 0 aliphatic carbocycles. The van der Waals surface area contributed by atoms with Crippen molar-refractivity contribution in [3.05, 3.63) is 302 Å². The third-order valence-electron chi connectivity index (χ3n) is 17.1. The smallest absolute Gasteiger partial charge is 0.509 e. The van der Waals surface area contributed by atoms with E-state index in [-0.39, 0.29) is 42.1 Å². The van der Waals surface area contributed by atoms with E-state index in [0.717, 1.165) is 91.0 Å². The SMILES string of the molecule is Cc1ccc(C)c(N2[CH-]N(c3[c-]c(Oc4[c-]c(N5[CH-]N(c6ccc(N7[CH-]N(c8[c-]c(Oc9[c-]c(N%10[CH-]N(c%11cc(C)ccc%11C)c%11cc(C)c(C)cc%11%10)ccc9)ccc8)c8ccccc87)cc6)c6ccccc65)ccc4)ccc3)c3cc(C)c(C)cc32)c1.[Pt+4].[Pt+4]. The second-order valence-corrected chi connectivity index (χ2v) is 23.2. The van der Waals surface area contributed by atoms with Crippen LogP contribution in [0.3, 0.4) is 0 Å². The Hall–Kier alpha value is -9.20.